The van der Waals surface area contributed by atoms with Crippen LogP contribution in [0.4, 0.5) is 5.69 Å². The van der Waals surface area contributed by atoms with Gasteiger partial charge in [0, 0.05) is 11.4 Å². The molecule has 1 amide bonds. The van der Waals surface area contributed by atoms with E-state index in [1.54, 1.807) is 0 Å². The lowest BCUT2D eigenvalue weighted by molar-refractivity contribution is 0.102. The van der Waals surface area contributed by atoms with Crippen LogP contribution in [0.5, 0.6) is 0 Å². The number of carbonyl (C=O) groups excluding carboxylic acids is 1. The Morgan fingerprint density at radius 3 is 2.43 bits per heavy atom. The molecule has 28 heavy (non-hydrogen) atoms. The Kier molecular flexibility index (Phi) is 5.98. The van der Waals surface area contributed by atoms with Gasteiger partial charge in [0.15, 0.2) is 0 Å². The van der Waals surface area contributed by atoms with E-state index in [1.165, 1.54) is 16.9 Å². The monoisotopic (exact) mass is 396 g/mol. The van der Waals surface area contributed by atoms with Crippen molar-refractivity contribution >= 4 is 22.9 Å². The first kappa shape index (κ1) is 20.3. The van der Waals surface area contributed by atoms with Crippen molar-refractivity contribution in [2.45, 2.75) is 60.8 Å². The van der Waals surface area contributed by atoms with Gasteiger partial charge in [-0.25, -0.2) is 9.67 Å². The van der Waals surface area contributed by atoms with Crippen LogP contribution in [0.1, 0.15) is 63.2 Å². The van der Waals surface area contributed by atoms with Crippen LogP contribution in [0.25, 0.3) is 5.13 Å². The largest absolute Gasteiger partial charge is 0.321 e. The number of hydrogen-bond acceptors (Lipinski definition) is 4. The van der Waals surface area contributed by atoms with E-state index in [4.69, 9.17) is 5.10 Å². The maximum absolute atomic E-state index is 12.9. The SMILES string of the molecule is CCCCc1c(C)nn(-c2nc(C)c(C(=O)Nc3c(C)cccc3C)s2)c1C. The van der Waals surface area contributed by atoms with Crippen LogP contribution in [0.3, 0.4) is 0 Å². The van der Waals surface area contributed by atoms with Crippen LogP contribution in [0, 0.1) is 34.6 Å². The molecule has 0 radical (unpaired) electrons. The van der Waals surface area contributed by atoms with Gasteiger partial charge in [0.05, 0.1) is 11.4 Å². The van der Waals surface area contributed by atoms with Gasteiger partial charge < -0.3 is 5.32 Å². The van der Waals surface area contributed by atoms with Crippen LogP contribution in [-0.2, 0) is 6.42 Å². The molecule has 1 N–H and O–H groups in total. The van der Waals surface area contributed by atoms with E-state index in [0.29, 0.717) is 4.88 Å². The molecule has 2 heterocycles. The second-order valence-electron chi connectivity index (χ2n) is 7.30. The quantitative estimate of drug-likeness (QED) is 0.601. The fraction of sp³-hybridized carbons (Fsp3) is 0.409. The van der Waals surface area contributed by atoms with Crippen LogP contribution in [-0.4, -0.2) is 20.7 Å². The zero-order valence-corrected chi connectivity index (χ0v) is 18.3. The Hall–Kier alpha value is -2.47. The predicted molar refractivity (Wildman–Crippen MR) is 116 cm³/mol. The zero-order valence-electron chi connectivity index (χ0n) is 17.5. The third-order valence-electron chi connectivity index (χ3n) is 5.11. The smallest absolute Gasteiger partial charge is 0.267 e. The van der Waals surface area contributed by atoms with Crippen LogP contribution < -0.4 is 5.32 Å². The number of anilines is 1. The van der Waals surface area contributed by atoms with Gasteiger partial charge in [-0.15, -0.1) is 0 Å². The van der Waals surface area contributed by atoms with Gasteiger partial charge in [-0.1, -0.05) is 42.9 Å². The van der Waals surface area contributed by atoms with E-state index in [1.807, 2.05) is 50.6 Å². The molecule has 148 valence electrons. The van der Waals surface area contributed by atoms with Gasteiger partial charge in [0.25, 0.3) is 5.91 Å². The van der Waals surface area contributed by atoms with Crippen molar-refractivity contribution in [3.05, 3.63) is 56.8 Å². The Morgan fingerprint density at radius 2 is 1.79 bits per heavy atom. The second-order valence-corrected chi connectivity index (χ2v) is 8.27. The number of amides is 1. The third-order valence-corrected chi connectivity index (χ3v) is 6.25. The minimum atomic E-state index is -0.119. The molecule has 0 fully saturated rings. The lowest BCUT2D eigenvalue weighted by Crippen LogP contribution is -2.13. The van der Waals surface area contributed by atoms with E-state index in [9.17, 15) is 4.79 Å². The number of aryl methyl sites for hydroxylation is 4. The minimum absolute atomic E-state index is 0.119. The number of benzene rings is 1. The van der Waals surface area contributed by atoms with Gasteiger partial charge in [0.2, 0.25) is 5.13 Å². The molecule has 0 saturated carbocycles. The molecule has 0 spiro atoms. The number of thiazole rings is 1. The van der Waals surface area contributed by atoms with Crippen molar-refractivity contribution in [1.82, 2.24) is 14.8 Å². The maximum atomic E-state index is 12.9. The molecule has 2 aromatic heterocycles. The topological polar surface area (TPSA) is 59.8 Å². The molecular formula is C22H28N4OS. The molecule has 1 aromatic carbocycles. The van der Waals surface area contributed by atoms with Gasteiger partial charge in [0.1, 0.15) is 4.88 Å². The summed E-state index contributed by atoms with van der Waals surface area (Å²) in [6.07, 6.45) is 3.33. The molecule has 0 unspecified atom stereocenters. The highest BCUT2D eigenvalue weighted by Gasteiger charge is 2.20. The van der Waals surface area contributed by atoms with Crippen LogP contribution in [0.15, 0.2) is 18.2 Å². The molecule has 6 heteroatoms. The van der Waals surface area contributed by atoms with Crippen molar-refractivity contribution in [3.63, 3.8) is 0 Å². The van der Waals surface area contributed by atoms with Crippen molar-refractivity contribution in [2.24, 2.45) is 0 Å². The summed E-state index contributed by atoms with van der Waals surface area (Å²) >= 11 is 1.39. The van der Waals surface area contributed by atoms with E-state index in [-0.39, 0.29) is 5.91 Å². The number of nitrogens with one attached hydrogen (secondary N) is 1. The number of para-hydroxylation sites is 1. The number of carbonyl (C=O) groups is 1. The molecule has 0 atom stereocenters. The number of unbranched alkanes of at least 4 members (excludes halogenated alkanes) is 1. The lowest BCUT2D eigenvalue weighted by atomic mass is 10.1. The van der Waals surface area contributed by atoms with Crippen molar-refractivity contribution < 1.29 is 4.79 Å². The highest BCUT2D eigenvalue weighted by atomic mass is 32.1. The van der Waals surface area contributed by atoms with Gasteiger partial charge in [-0.3, -0.25) is 4.79 Å². The standard InChI is InChI=1S/C22H28N4OS/c1-7-8-12-18-15(4)25-26(17(18)6)22-23-16(5)20(28-22)21(27)24-19-13(2)10-9-11-14(19)3/h9-11H,7-8,12H2,1-6H3,(H,24,27). The van der Waals surface area contributed by atoms with E-state index < -0.39 is 0 Å². The summed E-state index contributed by atoms with van der Waals surface area (Å²) in [4.78, 5) is 18.2. The van der Waals surface area contributed by atoms with E-state index >= 15 is 0 Å². The van der Waals surface area contributed by atoms with Gasteiger partial charge in [-0.05, 0) is 64.2 Å². The lowest BCUT2D eigenvalue weighted by Gasteiger charge is -2.10. The first-order chi connectivity index (χ1) is 13.3. The fourth-order valence-corrected chi connectivity index (χ4v) is 4.41. The minimum Gasteiger partial charge on any atom is -0.321 e. The summed E-state index contributed by atoms with van der Waals surface area (Å²) in [6.45, 7) is 12.2. The van der Waals surface area contributed by atoms with Crippen LogP contribution >= 0.6 is 11.3 Å². The normalized spacial score (nSPS) is 11.1. The van der Waals surface area contributed by atoms with E-state index in [0.717, 1.165) is 58.3 Å². The summed E-state index contributed by atoms with van der Waals surface area (Å²) in [7, 11) is 0. The number of aromatic nitrogens is 3. The highest BCUT2D eigenvalue weighted by Crippen LogP contribution is 2.27. The molecule has 0 bridgehead atoms. The van der Waals surface area contributed by atoms with Gasteiger partial charge in [-0.2, -0.15) is 5.10 Å². The van der Waals surface area contributed by atoms with Crippen LogP contribution in [0.2, 0.25) is 0 Å². The summed E-state index contributed by atoms with van der Waals surface area (Å²) in [5.74, 6) is -0.119. The average Bonchev–Trinajstić information content (AvgIpc) is 3.16. The Labute approximate surface area is 170 Å². The molecule has 0 aliphatic carbocycles. The van der Waals surface area contributed by atoms with E-state index in [2.05, 4.69) is 24.1 Å². The Bertz CT molecular complexity index is 996. The maximum Gasteiger partial charge on any atom is 0.267 e. The molecular weight excluding hydrogens is 368 g/mol. The molecule has 0 aliphatic heterocycles. The van der Waals surface area contributed by atoms with Crippen molar-refractivity contribution in [3.8, 4) is 5.13 Å². The first-order valence-corrected chi connectivity index (χ1v) is 10.6. The number of hydrogen-bond donors (Lipinski definition) is 1. The molecule has 0 saturated heterocycles. The summed E-state index contributed by atoms with van der Waals surface area (Å²) in [5.41, 5.74) is 7.14. The summed E-state index contributed by atoms with van der Waals surface area (Å²) in [6, 6.07) is 6.00. The number of nitrogens with zero attached hydrogens (tertiary/aromatic N) is 3. The molecule has 3 rings (SSSR count). The average molecular weight is 397 g/mol. The fourth-order valence-electron chi connectivity index (χ4n) is 3.44. The zero-order chi connectivity index (χ0) is 20.4. The van der Waals surface area contributed by atoms with Gasteiger partial charge >= 0.3 is 0 Å². The van der Waals surface area contributed by atoms with Crippen molar-refractivity contribution in [2.75, 3.05) is 5.32 Å². The third kappa shape index (κ3) is 3.87. The van der Waals surface area contributed by atoms with Crippen molar-refractivity contribution in [1.29, 1.82) is 0 Å². The Morgan fingerprint density at radius 1 is 1.11 bits per heavy atom. The second kappa shape index (κ2) is 8.27. The number of rotatable bonds is 6. The summed E-state index contributed by atoms with van der Waals surface area (Å²) in [5, 5.41) is 8.50. The molecule has 3 aromatic rings. The predicted octanol–water partition coefficient (Wildman–Crippen LogP) is 5.47. The highest BCUT2D eigenvalue weighted by molar-refractivity contribution is 7.16. The first-order valence-electron chi connectivity index (χ1n) is 9.74. The Balaban J connectivity index is 1.91. The molecule has 5 nitrogen and oxygen atoms in total. The molecule has 0 aliphatic rings. The summed E-state index contributed by atoms with van der Waals surface area (Å²) < 4.78 is 1.88.